The topological polar surface area (TPSA) is 136 Å². The summed E-state index contributed by atoms with van der Waals surface area (Å²) < 4.78 is 41.0. The highest BCUT2D eigenvalue weighted by Gasteiger charge is 2.24. The zero-order valence-corrected chi connectivity index (χ0v) is 14.2. The number of carbonyl (C=O) groups excluding carboxylic acids is 3. The van der Waals surface area contributed by atoms with Crippen molar-refractivity contribution in [1.29, 1.82) is 0 Å². The van der Waals surface area contributed by atoms with Gasteiger partial charge in [0, 0.05) is 7.11 Å². The molecule has 0 spiro atoms. The summed E-state index contributed by atoms with van der Waals surface area (Å²) in [7, 11) is -3.27. The van der Waals surface area contributed by atoms with Crippen molar-refractivity contribution in [1.82, 2.24) is 0 Å². The van der Waals surface area contributed by atoms with Crippen LogP contribution in [0.15, 0.2) is 29.2 Å². The van der Waals surface area contributed by atoms with Gasteiger partial charge in [-0.05, 0) is 19.1 Å². The number of para-hydroxylation sites is 1. The molecule has 0 saturated heterocycles. The normalized spacial score (nSPS) is 11.8. The molecule has 0 aliphatic carbocycles. The Balaban J connectivity index is 0.00000576. The first-order chi connectivity index (χ1) is 11.1. The number of nitrogens with one attached hydrogen (secondary N) is 1. The van der Waals surface area contributed by atoms with Gasteiger partial charge in [0.15, 0.2) is 11.9 Å². The smallest absolute Gasteiger partial charge is 0.332 e. The van der Waals surface area contributed by atoms with Crippen LogP contribution in [-0.2, 0) is 34.0 Å². The molecule has 2 N–H and O–H groups in total. The molecule has 0 radical (unpaired) electrons. The summed E-state index contributed by atoms with van der Waals surface area (Å²) in [4.78, 5) is 34.3. The van der Waals surface area contributed by atoms with Crippen LogP contribution < -0.4 is 5.32 Å². The van der Waals surface area contributed by atoms with Crippen LogP contribution in [0.5, 0.6) is 0 Å². The monoisotopic (exact) mass is 379 g/mol. The summed E-state index contributed by atoms with van der Waals surface area (Å²) in [6.07, 6.45) is -1.84. The van der Waals surface area contributed by atoms with Crippen LogP contribution in [0.25, 0.3) is 0 Å². The van der Waals surface area contributed by atoms with Crippen LogP contribution in [0.3, 0.4) is 0 Å². The highest BCUT2D eigenvalue weighted by molar-refractivity contribution is 7.86. The van der Waals surface area contributed by atoms with Crippen molar-refractivity contribution in [2.75, 3.05) is 19.0 Å². The van der Waals surface area contributed by atoms with E-state index in [4.69, 9.17) is 9.29 Å². The molecule has 1 unspecified atom stereocenters. The number of halogens is 1. The van der Waals surface area contributed by atoms with Gasteiger partial charge in [-0.1, -0.05) is 12.1 Å². The van der Waals surface area contributed by atoms with Crippen molar-refractivity contribution in [3.8, 4) is 0 Å². The number of methoxy groups -OCH3 is 1. The van der Waals surface area contributed by atoms with Crippen molar-refractivity contribution in [2.24, 2.45) is 0 Å². The summed E-state index contributed by atoms with van der Waals surface area (Å²) in [6.45, 7) is 0.765. The van der Waals surface area contributed by atoms with E-state index in [-0.39, 0.29) is 17.0 Å². The van der Waals surface area contributed by atoms with Crippen LogP contribution in [0, 0.1) is 0 Å². The third kappa shape index (κ3) is 7.37. The number of hydrogen-bond acceptors (Lipinski definition) is 7. The van der Waals surface area contributed by atoms with Crippen LogP contribution in [0.2, 0.25) is 0 Å². The Labute approximate surface area is 143 Å². The molecule has 0 bridgehead atoms. The zero-order valence-electron chi connectivity index (χ0n) is 13.4. The standard InChI is InChI=1S/C14H17NO8S.FH/c1-9(16)11(23-14(18)8-22-2)7-13(17)15-10-5-3-4-6-12(10)24(19,20)21;/h3-6,11H,7-8H2,1-2H3,(H,15,17)(H,19,20,21);1H. The Kier molecular flexibility index (Phi) is 8.88. The number of hydrogen-bond donors (Lipinski definition) is 2. The van der Waals surface area contributed by atoms with Gasteiger partial charge in [-0.2, -0.15) is 8.42 Å². The van der Waals surface area contributed by atoms with E-state index in [1.165, 1.54) is 25.3 Å². The second-order valence-electron chi connectivity index (χ2n) is 4.75. The Bertz CT molecular complexity index is 734. The minimum atomic E-state index is -4.53. The number of ketones is 1. The summed E-state index contributed by atoms with van der Waals surface area (Å²) in [5.74, 6) is -2.14. The second-order valence-corrected chi connectivity index (χ2v) is 6.14. The van der Waals surface area contributed by atoms with Crippen molar-refractivity contribution in [2.45, 2.75) is 24.3 Å². The molecule has 11 heteroatoms. The Morgan fingerprint density at radius 3 is 2.36 bits per heavy atom. The van der Waals surface area contributed by atoms with Crippen molar-refractivity contribution in [3.05, 3.63) is 24.3 Å². The van der Waals surface area contributed by atoms with Crippen LogP contribution in [0.1, 0.15) is 13.3 Å². The quantitative estimate of drug-likeness (QED) is 0.494. The number of amides is 1. The maximum absolute atomic E-state index is 12.0. The lowest BCUT2D eigenvalue weighted by Gasteiger charge is -2.15. The van der Waals surface area contributed by atoms with Gasteiger partial charge < -0.3 is 14.8 Å². The molecule has 0 aliphatic rings. The van der Waals surface area contributed by atoms with Crippen LogP contribution >= 0.6 is 0 Å². The van der Waals surface area contributed by atoms with Gasteiger partial charge in [0.2, 0.25) is 5.91 Å². The second kappa shape index (κ2) is 9.81. The first-order valence-electron chi connectivity index (χ1n) is 6.70. The fourth-order valence-electron chi connectivity index (χ4n) is 1.74. The lowest BCUT2D eigenvalue weighted by atomic mass is 10.1. The van der Waals surface area contributed by atoms with E-state index in [0.717, 1.165) is 13.0 Å². The molecular formula is C14H18FNO8S. The first-order valence-corrected chi connectivity index (χ1v) is 8.14. The van der Waals surface area contributed by atoms with Gasteiger partial charge in [-0.15, -0.1) is 0 Å². The highest BCUT2D eigenvalue weighted by Crippen LogP contribution is 2.20. The van der Waals surface area contributed by atoms with E-state index in [0.29, 0.717) is 0 Å². The van der Waals surface area contributed by atoms with E-state index in [1.54, 1.807) is 0 Å². The molecule has 9 nitrogen and oxygen atoms in total. The average Bonchev–Trinajstić information content (AvgIpc) is 2.46. The summed E-state index contributed by atoms with van der Waals surface area (Å²) in [5, 5.41) is 2.25. The number of esters is 1. The van der Waals surface area contributed by atoms with Crippen molar-refractivity contribution in [3.63, 3.8) is 0 Å². The van der Waals surface area contributed by atoms with Gasteiger partial charge in [0.1, 0.15) is 11.5 Å². The molecule has 1 atom stereocenters. The Hall–Kier alpha value is -2.37. The van der Waals surface area contributed by atoms with Crippen LogP contribution in [0.4, 0.5) is 10.4 Å². The molecule has 1 aromatic rings. The molecule has 1 amide bonds. The van der Waals surface area contributed by atoms with E-state index < -0.39 is 45.2 Å². The van der Waals surface area contributed by atoms with Gasteiger partial charge in [0.25, 0.3) is 10.1 Å². The predicted molar refractivity (Wildman–Crippen MR) is 84.4 cm³/mol. The number of anilines is 1. The van der Waals surface area contributed by atoms with Crippen molar-refractivity contribution < 1.29 is 41.5 Å². The first kappa shape index (κ1) is 22.6. The minimum Gasteiger partial charge on any atom is -0.452 e. The summed E-state index contributed by atoms with van der Waals surface area (Å²) in [5.41, 5.74) is -0.157. The van der Waals surface area contributed by atoms with Gasteiger partial charge in [-0.25, -0.2) is 4.79 Å². The lowest BCUT2D eigenvalue weighted by Crippen LogP contribution is -2.31. The number of Topliss-reactive ketones (excluding diaryl/α,β-unsaturated/α-hetero) is 1. The summed E-state index contributed by atoms with van der Waals surface area (Å²) >= 11 is 0. The third-order valence-electron chi connectivity index (χ3n) is 2.80. The molecule has 0 aliphatic heterocycles. The van der Waals surface area contributed by atoms with E-state index in [9.17, 15) is 22.8 Å². The maximum atomic E-state index is 12.0. The van der Waals surface area contributed by atoms with Gasteiger partial charge in [-0.3, -0.25) is 18.8 Å². The Morgan fingerprint density at radius 1 is 1.24 bits per heavy atom. The highest BCUT2D eigenvalue weighted by atomic mass is 32.2. The molecule has 0 heterocycles. The molecular weight excluding hydrogens is 361 g/mol. The number of carbonyl (C=O) groups is 3. The Morgan fingerprint density at radius 2 is 1.84 bits per heavy atom. The molecule has 1 aromatic carbocycles. The largest absolute Gasteiger partial charge is 0.452 e. The van der Waals surface area contributed by atoms with Gasteiger partial charge in [0.05, 0.1) is 12.1 Å². The zero-order chi connectivity index (χ0) is 18.3. The predicted octanol–water partition coefficient (Wildman–Crippen LogP) is 0.562. The summed E-state index contributed by atoms with van der Waals surface area (Å²) in [6, 6.07) is 5.18. The molecule has 0 aromatic heterocycles. The number of ether oxygens (including phenoxy) is 2. The van der Waals surface area contributed by atoms with E-state index in [1.807, 2.05) is 0 Å². The fraction of sp³-hybridized carbons (Fsp3) is 0.357. The van der Waals surface area contributed by atoms with Crippen LogP contribution in [-0.4, -0.2) is 50.5 Å². The molecule has 0 fully saturated rings. The minimum absolute atomic E-state index is 0. The number of benzene rings is 1. The van der Waals surface area contributed by atoms with E-state index in [2.05, 4.69) is 10.1 Å². The van der Waals surface area contributed by atoms with Gasteiger partial charge >= 0.3 is 5.97 Å². The SMILES string of the molecule is COCC(=O)OC(CC(=O)Nc1ccccc1S(=O)(=O)O)C(C)=O.F. The van der Waals surface area contributed by atoms with E-state index >= 15 is 0 Å². The molecule has 25 heavy (non-hydrogen) atoms. The molecule has 1 rings (SSSR count). The third-order valence-corrected chi connectivity index (χ3v) is 3.71. The molecule has 0 saturated carbocycles. The average molecular weight is 379 g/mol. The lowest BCUT2D eigenvalue weighted by molar-refractivity contribution is -0.159. The maximum Gasteiger partial charge on any atom is 0.332 e. The fourth-order valence-corrected chi connectivity index (χ4v) is 2.39. The number of rotatable bonds is 8. The van der Waals surface area contributed by atoms with Crippen molar-refractivity contribution >= 4 is 33.5 Å². The molecule has 140 valence electrons.